The van der Waals surface area contributed by atoms with Crippen LogP contribution >= 0.6 is 0 Å². The van der Waals surface area contributed by atoms with E-state index in [0.29, 0.717) is 0 Å². The Balaban J connectivity index is 2.10. The van der Waals surface area contributed by atoms with E-state index in [1.807, 2.05) is 7.05 Å². The van der Waals surface area contributed by atoms with Crippen LogP contribution in [0.3, 0.4) is 0 Å². The molecule has 2 nitrogen and oxygen atoms in total. The van der Waals surface area contributed by atoms with Crippen LogP contribution in [0.5, 0.6) is 0 Å². The normalized spacial score (nSPS) is 15.0. The van der Waals surface area contributed by atoms with Gasteiger partial charge in [0.15, 0.2) is 0 Å². The molecule has 1 aromatic rings. The number of anilines is 1. The van der Waals surface area contributed by atoms with Gasteiger partial charge in [-0.3, -0.25) is 0 Å². The zero-order chi connectivity index (χ0) is 13.8. The van der Waals surface area contributed by atoms with Gasteiger partial charge in [0, 0.05) is 24.8 Å². The van der Waals surface area contributed by atoms with Crippen LogP contribution in [0, 0.1) is 12.8 Å². The molecule has 1 aromatic carbocycles. The molecule has 1 fully saturated rings. The number of nitrogens with one attached hydrogen (secondary N) is 1. The highest BCUT2D eigenvalue weighted by molar-refractivity contribution is 5.52. The Morgan fingerprint density at radius 2 is 2.05 bits per heavy atom. The molecular weight excluding hydrogens is 232 g/mol. The molecule has 0 radical (unpaired) electrons. The average Bonchev–Trinajstić information content (AvgIpc) is 3.17. The zero-order valence-electron chi connectivity index (χ0n) is 12.9. The van der Waals surface area contributed by atoms with Gasteiger partial charge >= 0.3 is 0 Å². The molecule has 19 heavy (non-hydrogen) atoms. The molecule has 1 aliphatic carbocycles. The second-order valence-corrected chi connectivity index (χ2v) is 6.25. The van der Waals surface area contributed by atoms with E-state index in [9.17, 15) is 0 Å². The minimum atomic E-state index is 0.783. The van der Waals surface area contributed by atoms with E-state index in [0.717, 1.165) is 18.5 Å². The third-order valence-corrected chi connectivity index (χ3v) is 3.96. The van der Waals surface area contributed by atoms with E-state index in [4.69, 9.17) is 0 Å². The Morgan fingerprint density at radius 1 is 1.32 bits per heavy atom. The molecule has 0 amide bonds. The first kappa shape index (κ1) is 14.4. The molecule has 2 rings (SSSR count). The summed E-state index contributed by atoms with van der Waals surface area (Å²) in [4.78, 5) is 2.62. The molecule has 0 heterocycles. The van der Waals surface area contributed by atoms with E-state index < -0.39 is 0 Å². The smallest absolute Gasteiger partial charge is 0.0371 e. The average molecular weight is 260 g/mol. The highest BCUT2D eigenvalue weighted by Crippen LogP contribution is 2.33. The maximum atomic E-state index is 3.24. The number of benzene rings is 1. The van der Waals surface area contributed by atoms with Crippen LogP contribution in [0.4, 0.5) is 5.69 Å². The van der Waals surface area contributed by atoms with Gasteiger partial charge in [-0.1, -0.05) is 19.9 Å². The van der Waals surface area contributed by atoms with Crippen molar-refractivity contribution in [3.8, 4) is 0 Å². The number of nitrogens with zero attached hydrogens (tertiary/aromatic N) is 1. The molecular formula is C17H28N2. The highest BCUT2D eigenvalue weighted by atomic mass is 15.2. The topological polar surface area (TPSA) is 15.3 Å². The third-order valence-electron chi connectivity index (χ3n) is 3.96. The predicted molar refractivity (Wildman–Crippen MR) is 83.8 cm³/mol. The molecule has 0 atom stereocenters. The molecule has 2 heteroatoms. The summed E-state index contributed by atoms with van der Waals surface area (Å²) >= 11 is 0. The zero-order valence-corrected chi connectivity index (χ0v) is 12.9. The van der Waals surface area contributed by atoms with Crippen LogP contribution in [0.25, 0.3) is 0 Å². The molecule has 1 saturated carbocycles. The fourth-order valence-corrected chi connectivity index (χ4v) is 2.55. The fraction of sp³-hybridized carbons (Fsp3) is 0.647. The third kappa shape index (κ3) is 3.97. The van der Waals surface area contributed by atoms with Crippen LogP contribution in [-0.2, 0) is 6.54 Å². The first-order chi connectivity index (χ1) is 9.11. The molecule has 0 aromatic heterocycles. The second kappa shape index (κ2) is 6.42. The van der Waals surface area contributed by atoms with E-state index in [2.05, 4.69) is 49.2 Å². The number of rotatable bonds is 7. The summed E-state index contributed by atoms with van der Waals surface area (Å²) in [5, 5.41) is 3.24. The van der Waals surface area contributed by atoms with Crippen molar-refractivity contribution >= 4 is 5.69 Å². The first-order valence-electron chi connectivity index (χ1n) is 7.62. The van der Waals surface area contributed by atoms with E-state index >= 15 is 0 Å². The Morgan fingerprint density at radius 3 is 2.58 bits per heavy atom. The van der Waals surface area contributed by atoms with Gasteiger partial charge in [0.05, 0.1) is 0 Å². The standard InChI is InChI=1S/C17H28N2/c1-13(2)9-10-19(16-7-8-16)17-6-5-15(12-18-4)14(3)11-17/h5-6,11,13,16,18H,7-10,12H2,1-4H3. The summed E-state index contributed by atoms with van der Waals surface area (Å²) in [6.07, 6.45) is 4.03. The van der Waals surface area contributed by atoms with Crippen LogP contribution < -0.4 is 10.2 Å². The van der Waals surface area contributed by atoms with Crippen molar-refractivity contribution < 1.29 is 0 Å². The summed E-state index contributed by atoms with van der Waals surface area (Å²) in [5.74, 6) is 0.783. The van der Waals surface area contributed by atoms with Gasteiger partial charge in [0.25, 0.3) is 0 Å². The van der Waals surface area contributed by atoms with Crippen LogP contribution in [0.15, 0.2) is 18.2 Å². The SMILES string of the molecule is CNCc1ccc(N(CCC(C)C)C2CC2)cc1C. The lowest BCUT2D eigenvalue weighted by molar-refractivity contribution is 0.570. The lowest BCUT2D eigenvalue weighted by atomic mass is 10.1. The summed E-state index contributed by atoms with van der Waals surface area (Å²) < 4.78 is 0. The molecule has 0 spiro atoms. The van der Waals surface area contributed by atoms with Crippen LogP contribution in [0.2, 0.25) is 0 Å². The monoisotopic (exact) mass is 260 g/mol. The van der Waals surface area contributed by atoms with E-state index in [1.54, 1.807) is 0 Å². The maximum Gasteiger partial charge on any atom is 0.0371 e. The Labute approximate surface area is 118 Å². The lowest BCUT2D eigenvalue weighted by Gasteiger charge is -2.26. The minimum Gasteiger partial charge on any atom is -0.369 e. The molecule has 106 valence electrons. The highest BCUT2D eigenvalue weighted by Gasteiger charge is 2.29. The van der Waals surface area contributed by atoms with Crippen molar-refractivity contribution in [2.75, 3.05) is 18.5 Å². The van der Waals surface area contributed by atoms with Crippen molar-refractivity contribution in [3.05, 3.63) is 29.3 Å². The Bertz CT molecular complexity index is 408. The number of hydrogen-bond acceptors (Lipinski definition) is 2. The van der Waals surface area contributed by atoms with Crippen LogP contribution in [0.1, 0.15) is 44.2 Å². The van der Waals surface area contributed by atoms with Gasteiger partial charge in [-0.05, 0) is 62.4 Å². The molecule has 0 saturated heterocycles. The number of aryl methyl sites for hydroxylation is 1. The van der Waals surface area contributed by atoms with Gasteiger partial charge < -0.3 is 10.2 Å². The molecule has 1 N–H and O–H groups in total. The summed E-state index contributed by atoms with van der Waals surface area (Å²) in [7, 11) is 2.01. The molecule has 0 unspecified atom stereocenters. The van der Waals surface area contributed by atoms with Gasteiger partial charge in [-0.25, -0.2) is 0 Å². The van der Waals surface area contributed by atoms with E-state index in [-0.39, 0.29) is 0 Å². The Kier molecular flexibility index (Phi) is 4.87. The molecule has 0 bridgehead atoms. The lowest BCUT2D eigenvalue weighted by Crippen LogP contribution is -2.27. The predicted octanol–water partition coefficient (Wildman–Crippen LogP) is 3.73. The van der Waals surface area contributed by atoms with Gasteiger partial charge in [-0.2, -0.15) is 0 Å². The molecule has 1 aliphatic rings. The largest absolute Gasteiger partial charge is 0.369 e. The van der Waals surface area contributed by atoms with Crippen molar-refractivity contribution in [2.24, 2.45) is 5.92 Å². The summed E-state index contributed by atoms with van der Waals surface area (Å²) in [5.41, 5.74) is 4.23. The quantitative estimate of drug-likeness (QED) is 0.803. The van der Waals surface area contributed by atoms with Gasteiger partial charge in [0.2, 0.25) is 0 Å². The fourth-order valence-electron chi connectivity index (χ4n) is 2.55. The van der Waals surface area contributed by atoms with Crippen molar-refractivity contribution in [2.45, 2.75) is 52.6 Å². The van der Waals surface area contributed by atoms with Gasteiger partial charge in [-0.15, -0.1) is 0 Å². The van der Waals surface area contributed by atoms with Crippen molar-refractivity contribution in [3.63, 3.8) is 0 Å². The van der Waals surface area contributed by atoms with Crippen molar-refractivity contribution in [1.29, 1.82) is 0 Å². The minimum absolute atomic E-state index is 0.783. The summed E-state index contributed by atoms with van der Waals surface area (Å²) in [6, 6.07) is 7.75. The maximum absolute atomic E-state index is 3.24. The first-order valence-corrected chi connectivity index (χ1v) is 7.62. The van der Waals surface area contributed by atoms with Gasteiger partial charge in [0.1, 0.15) is 0 Å². The molecule has 0 aliphatic heterocycles. The van der Waals surface area contributed by atoms with Crippen LogP contribution in [-0.4, -0.2) is 19.6 Å². The Hall–Kier alpha value is -1.02. The van der Waals surface area contributed by atoms with E-state index in [1.165, 1.54) is 42.6 Å². The second-order valence-electron chi connectivity index (χ2n) is 6.25. The van der Waals surface area contributed by atoms with Crippen molar-refractivity contribution in [1.82, 2.24) is 5.32 Å². The number of hydrogen-bond donors (Lipinski definition) is 1. The summed E-state index contributed by atoms with van der Waals surface area (Å²) in [6.45, 7) is 9.01.